The minimum absolute atomic E-state index is 0.433. The Labute approximate surface area is 163 Å². The van der Waals surface area contributed by atoms with Crippen LogP contribution in [0.1, 0.15) is 24.8 Å². The summed E-state index contributed by atoms with van der Waals surface area (Å²) in [6, 6.07) is 11.1. The number of rotatable bonds is 7. The Hall–Kier alpha value is -1.63. The van der Waals surface area contributed by atoms with Crippen LogP contribution in [-0.4, -0.2) is 76.6 Å². The van der Waals surface area contributed by atoms with E-state index in [-0.39, 0.29) is 0 Å². The fourth-order valence-electron chi connectivity index (χ4n) is 3.93. The van der Waals surface area contributed by atoms with Crippen LogP contribution >= 0.6 is 0 Å². The fourth-order valence-corrected chi connectivity index (χ4v) is 3.93. The average Bonchev–Trinajstić information content (AvgIpc) is 3.26. The van der Waals surface area contributed by atoms with Gasteiger partial charge in [0, 0.05) is 51.8 Å². The Morgan fingerprint density at radius 1 is 1.11 bits per heavy atom. The highest BCUT2D eigenvalue weighted by atomic mass is 16.5. The van der Waals surface area contributed by atoms with E-state index in [4.69, 9.17) is 9.47 Å². The lowest BCUT2D eigenvalue weighted by Gasteiger charge is -2.37. The van der Waals surface area contributed by atoms with Crippen molar-refractivity contribution in [3.63, 3.8) is 0 Å². The van der Waals surface area contributed by atoms with E-state index in [1.54, 1.807) is 0 Å². The van der Waals surface area contributed by atoms with Gasteiger partial charge < -0.3 is 20.1 Å². The van der Waals surface area contributed by atoms with Crippen LogP contribution in [0.5, 0.6) is 0 Å². The summed E-state index contributed by atoms with van der Waals surface area (Å²) in [4.78, 5) is 6.97. The summed E-state index contributed by atoms with van der Waals surface area (Å²) in [6.45, 7) is 9.37. The van der Waals surface area contributed by atoms with Gasteiger partial charge in [-0.2, -0.15) is 0 Å². The first kappa shape index (κ1) is 20.1. The van der Waals surface area contributed by atoms with Gasteiger partial charge in [-0.15, -0.1) is 0 Å². The lowest BCUT2D eigenvalue weighted by molar-refractivity contribution is 0.00246. The third-order valence-corrected chi connectivity index (χ3v) is 5.67. The van der Waals surface area contributed by atoms with Gasteiger partial charge in [0.25, 0.3) is 0 Å². The molecule has 6 nitrogen and oxygen atoms in total. The molecule has 2 aliphatic rings. The van der Waals surface area contributed by atoms with Gasteiger partial charge in [-0.1, -0.05) is 37.3 Å². The van der Waals surface area contributed by atoms with E-state index in [0.29, 0.717) is 17.9 Å². The number of guanidine groups is 1. The lowest BCUT2D eigenvalue weighted by Crippen LogP contribution is -2.53. The van der Waals surface area contributed by atoms with Crippen LogP contribution in [0.2, 0.25) is 0 Å². The number of nitrogens with zero attached hydrogens (tertiary/aromatic N) is 2. The molecule has 3 rings (SSSR count). The second kappa shape index (κ2) is 10.6. The Bertz CT molecular complexity index is 569. The molecule has 3 unspecified atom stereocenters. The second-order valence-corrected chi connectivity index (χ2v) is 7.49. The minimum atomic E-state index is 0.433. The molecule has 0 aromatic heterocycles. The zero-order chi connectivity index (χ0) is 18.9. The highest BCUT2D eigenvalue weighted by Gasteiger charge is 2.31. The van der Waals surface area contributed by atoms with Crippen molar-refractivity contribution < 1.29 is 9.47 Å². The van der Waals surface area contributed by atoms with Crippen LogP contribution in [0.15, 0.2) is 35.3 Å². The smallest absolute Gasteiger partial charge is 0.191 e. The third kappa shape index (κ3) is 5.92. The fraction of sp³-hybridized carbons (Fsp3) is 0.667. The molecule has 0 aliphatic carbocycles. The monoisotopic (exact) mass is 374 g/mol. The molecule has 0 radical (unpaired) electrons. The maximum Gasteiger partial charge on any atom is 0.191 e. The molecule has 27 heavy (non-hydrogen) atoms. The maximum atomic E-state index is 5.66. The Morgan fingerprint density at radius 2 is 1.85 bits per heavy atom. The minimum Gasteiger partial charge on any atom is -0.381 e. The van der Waals surface area contributed by atoms with Crippen molar-refractivity contribution in [1.82, 2.24) is 15.5 Å². The Balaban J connectivity index is 1.51. The van der Waals surface area contributed by atoms with Crippen molar-refractivity contribution in [2.75, 3.05) is 59.7 Å². The first-order valence-corrected chi connectivity index (χ1v) is 10.2. The van der Waals surface area contributed by atoms with Gasteiger partial charge in [0.1, 0.15) is 0 Å². The summed E-state index contributed by atoms with van der Waals surface area (Å²) < 4.78 is 11.2. The van der Waals surface area contributed by atoms with E-state index in [9.17, 15) is 0 Å². The molecule has 2 aliphatic heterocycles. The molecule has 0 saturated carbocycles. The molecular weight excluding hydrogens is 340 g/mol. The number of benzene rings is 1. The van der Waals surface area contributed by atoms with Gasteiger partial charge in [0.05, 0.1) is 19.8 Å². The Morgan fingerprint density at radius 3 is 2.52 bits per heavy atom. The predicted octanol–water partition coefficient (Wildman–Crippen LogP) is 1.69. The van der Waals surface area contributed by atoms with E-state index in [1.807, 2.05) is 7.05 Å². The van der Waals surface area contributed by atoms with Gasteiger partial charge in [-0.05, 0) is 17.9 Å². The molecule has 2 N–H and O–H groups in total. The largest absolute Gasteiger partial charge is 0.381 e. The molecule has 3 atom stereocenters. The number of nitrogens with one attached hydrogen (secondary N) is 2. The SMILES string of the molecule is CN=C(NCC(C)c1ccccc1)NCC(C1CCOC1)N1CCOCC1. The standard InChI is InChI=1S/C21H34N4O2/c1-17(18-6-4-3-5-7-18)14-23-21(22-2)24-15-20(19-8-11-27-16-19)25-9-12-26-13-10-25/h3-7,17,19-20H,8-16H2,1-2H3,(H2,22,23,24). The molecule has 1 aromatic rings. The molecule has 150 valence electrons. The molecule has 1 aromatic carbocycles. The quantitative estimate of drug-likeness (QED) is 0.562. The molecule has 2 saturated heterocycles. The van der Waals surface area contributed by atoms with Crippen molar-refractivity contribution in [2.24, 2.45) is 10.9 Å². The summed E-state index contributed by atoms with van der Waals surface area (Å²) in [5.74, 6) is 1.88. The van der Waals surface area contributed by atoms with Crippen molar-refractivity contribution in [1.29, 1.82) is 0 Å². The van der Waals surface area contributed by atoms with Crippen LogP contribution in [0.4, 0.5) is 0 Å². The number of hydrogen-bond donors (Lipinski definition) is 2. The first-order valence-electron chi connectivity index (χ1n) is 10.2. The zero-order valence-electron chi connectivity index (χ0n) is 16.7. The topological polar surface area (TPSA) is 58.1 Å². The molecule has 0 spiro atoms. The van der Waals surface area contributed by atoms with Crippen molar-refractivity contribution in [2.45, 2.75) is 25.3 Å². The molecule has 0 amide bonds. The highest BCUT2D eigenvalue weighted by molar-refractivity contribution is 5.79. The predicted molar refractivity (Wildman–Crippen MR) is 109 cm³/mol. The van der Waals surface area contributed by atoms with Crippen molar-refractivity contribution in [3.05, 3.63) is 35.9 Å². The summed E-state index contributed by atoms with van der Waals surface area (Å²) in [5.41, 5.74) is 1.34. The highest BCUT2D eigenvalue weighted by Crippen LogP contribution is 2.22. The van der Waals surface area contributed by atoms with Crippen molar-refractivity contribution >= 4 is 5.96 Å². The van der Waals surface area contributed by atoms with E-state index >= 15 is 0 Å². The van der Waals surface area contributed by atoms with Gasteiger partial charge in [0.2, 0.25) is 0 Å². The number of aliphatic imine (C=N–C) groups is 1. The third-order valence-electron chi connectivity index (χ3n) is 5.67. The Kier molecular flexibility index (Phi) is 7.93. The van der Waals surface area contributed by atoms with Crippen LogP contribution < -0.4 is 10.6 Å². The van der Waals surface area contributed by atoms with E-state index < -0.39 is 0 Å². The van der Waals surface area contributed by atoms with E-state index in [0.717, 1.165) is 65.0 Å². The van der Waals surface area contributed by atoms with Gasteiger partial charge in [-0.3, -0.25) is 9.89 Å². The molecular formula is C21H34N4O2. The van der Waals surface area contributed by atoms with Crippen LogP contribution in [-0.2, 0) is 9.47 Å². The van der Waals surface area contributed by atoms with Gasteiger partial charge in [-0.25, -0.2) is 0 Å². The summed E-state index contributed by atoms with van der Waals surface area (Å²) in [7, 11) is 1.84. The van der Waals surface area contributed by atoms with Crippen LogP contribution in [0.3, 0.4) is 0 Å². The number of morpholine rings is 1. The normalized spacial score (nSPS) is 23.8. The molecule has 0 bridgehead atoms. The van der Waals surface area contributed by atoms with E-state index in [2.05, 4.69) is 57.8 Å². The second-order valence-electron chi connectivity index (χ2n) is 7.49. The van der Waals surface area contributed by atoms with Gasteiger partial charge in [0.15, 0.2) is 5.96 Å². The first-order chi connectivity index (χ1) is 13.3. The lowest BCUT2D eigenvalue weighted by atomic mass is 9.97. The summed E-state index contributed by atoms with van der Waals surface area (Å²) >= 11 is 0. The van der Waals surface area contributed by atoms with E-state index in [1.165, 1.54) is 5.56 Å². The number of ether oxygens (including phenoxy) is 2. The van der Waals surface area contributed by atoms with Crippen LogP contribution in [0, 0.1) is 5.92 Å². The summed E-state index contributed by atoms with van der Waals surface area (Å²) in [5, 5.41) is 7.03. The maximum absolute atomic E-state index is 5.66. The molecule has 6 heteroatoms. The molecule has 2 heterocycles. The van der Waals surface area contributed by atoms with Crippen LogP contribution in [0.25, 0.3) is 0 Å². The number of hydrogen-bond acceptors (Lipinski definition) is 4. The molecule has 2 fully saturated rings. The zero-order valence-corrected chi connectivity index (χ0v) is 16.7. The van der Waals surface area contributed by atoms with Gasteiger partial charge >= 0.3 is 0 Å². The summed E-state index contributed by atoms with van der Waals surface area (Å²) in [6.07, 6.45) is 1.14. The van der Waals surface area contributed by atoms with Crippen molar-refractivity contribution in [3.8, 4) is 0 Å². The average molecular weight is 375 g/mol.